The number of nitrogens with zero attached hydrogens (tertiary/aromatic N) is 1. The highest BCUT2D eigenvalue weighted by molar-refractivity contribution is 6.09. The van der Waals surface area contributed by atoms with Gasteiger partial charge in [-0.05, 0) is 88.6 Å². The SMILES string of the molecule is C/C(N)=C/c1c(F)ccc(C(=O)Nc2cnccc2[C@@H]2C[C@H](C)C[C@H](NC(=O)OC(C)(C)C)C2)c1N. The molecule has 3 atom stereocenters. The molecule has 2 aromatic rings. The smallest absolute Gasteiger partial charge is 0.407 e. The van der Waals surface area contributed by atoms with Gasteiger partial charge in [-0.25, -0.2) is 9.18 Å². The van der Waals surface area contributed by atoms with Crippen molar-refractivity contribution in [2.24, 2.45) is 11.7 Å². The topological polar surface area (TPSA) is 132 Å². The molecule has 8 nitrogen and oxygen atoms in total. The first-order chi connectivity index (χ1) is 16.8. The maximum Gasteiger partial charge on any atom is 0.407 e. The van der Waals surface area contributed by atoms with Gasteiger partial charge < -0.3 is 26.8 Å². The summed E-state index contributed by atoms with van der Waals surface area (Å²) in [5.41, 5.74) is 13.3. The van der Waals surface area contributed by atoms with E-state index in [4.69, 9.17) is 16.2 Å². The van der Waals surface area contributed by atoms with Crippen molar-refractivity contribution in [2.45, 2.75) is 71.4 Å². The summed E-state index contributed by atoms with van der Waals surface area (Å²) in [5.74, 6) is -0.605. The number of benzene rings is 1. The second-order valence-electron chi connectivity index (χ2n) is 10.6. The predicted molar refractivity (Wildman–Crippen MR) is 140 cm³/mol. The molecule has 0 spiro atoms. The third-order valence-electron chi connectivity index (χ3n) is 6.06. The molecule has 0 aliphatic heterocycles. The van der Waals surface area contributed by atoms with Gasteiger partial charge in [-0.15, -0.1) is 0 Å². The summed E-state index contributed by atoms with van der Waals surface area (Å²) in [6.07, 6.45) is 6.66. The number of nitrogen functional groups attached to an aromatic ring is 1. The van der Waals surface area contributed by atoms with Crippen LogP contribution in [0.1, 0.15) is 81.3 Å². The standard InChI is InChI=1S/C27H36FN5O3/c1-15-10-17(13-18(11-15)32-26(35)36-27(3,4)5)19-8-9-31-14-23(19)33-25(34)20-6-7-22(28)21(24(20)30)12-16(2)29/h6-9,12,14-15,17-18H,10-11,13,29-30H2,1-5H3,(H,32,35)(H,33,34)/b16-12-/t15-,17+,18-/m0/s1. The van der Waals surface area contributed by atoms with Crippen molar-refractivity contribution in [1.82, 2.24) is 10.3 Å². The van der Waals surface area contributed by atoms with Crippen LogP contribution in [-0.4, -0.2) is 28.6 Å². The number of anilines is 2. The number of nitrogens with two attached hydrogens (primary N) is 2. The van der Waals surface area contributed by atoms with E-state index in [1.807, 2.05) is 26.8 Å². The lowest BCUT2D eigenvalue weighted by molar-refractivity contribution is 0.0482. The molecule has 0 saturated heterocycles. The van der Waals surface area contributed by atoms with Gasteiger partial charge in [0.2, 0.25) is 0 Å². The average molecular weight is 498 g/mol. The van der Waals surface area contributed by atoms with Gasteiger partial charge in [0.05, 0.1) is 23.1 Å². The highest BCUT2D eigenvalue weighted by Crippen LogP contribution is 2.39. The number of halogens is 1. The van der Waals surface area contributed by atoms with Gasteiger partial charge in [-0.2, -0.15) is 0 Å². The summed E-state index contributed by atoms with van der Waals surface area (Å²) in [6, 6.07) is 4.36. The van der Waals surface area contributed by atoms with E-state index in [0.29, 0.717) is 23.7 Å². The first kappa shape index (κ1) is 27.0. The van der Waals surface area contributed by atoms with Crippen molar-refractivity contribution in [1.29, 1.82) is 0 Å². The summed E-state index contributed by atoms with van der Waals surface area (Å²) in [4.78, 5) is 29.7. The summed E-state index contributed by atoms with van der Waals surface area (Å²) in [5, 5.41) is 5.89. The molecule has 0 bridgehead atoms. The van der Waals surface area contributed by atoms with E-state index < -0.39 is 23.4 Å². The molecule has 1 fully saturated rings. The molecule has 6 N–H and O–H groups in total. The number of pyridine rings is 1. The molecular formula is C27H36FN5O3. The van der Waals surface area contributed by atoms with Crippen LogP contribution in [-0.2, 0) is 4.74 Å². The Morgan fingerprint density at radius 1 is 1.19 bits per heavy atom. The van der Waals surface area contributed by atoms with Gasteiger partial charge in [0, 0.05) is 23.5 Å². The number of hydrogen-bond acceptors (Lipinski definition) is 6. The van der Waals surface area contributed by atoms with Gasteiger partial charge >= 0.3 is 6.09 Å². The Kier molecular flexibility index (Phi) is 8.22. The molecule has 1 aromatic heterocycles. The van der Waals surface area contributed by atoms with Gasteiger partial charge in [-0.3, -0.25) is 9.78 Å². The number of carbonyl (C=O) groups excluding carboxylic acids is 2. The summed E-state index contributed by atoms with van der Waals surface area (Å²) in [7, 11) is 0. The molecule has 9 heteroatoms. The van der Waals surface area contributed by atoms with Crippen LogP contribution in [0.3, 0.4) is 0 Å². The number of ether oxygens (including phenoxy) is 1. The van der Waals surface area contributed by atoms with E-state index in [-0.39, 0.29) is 28.8 Å². The lowest BCUT2D eigenvalue weighted by Gasteiger charge is -2.35. The first-order valence-corrected chi connectivity index (χ1v) is 12.1. The zero-order chi connectivity index (χ0) is 26.6. The van der Waals surface area contributed by atoms with Crippen molar-refractivity contribution < 1.29 is 18.7 Å². The quantitative estimate of drug-likeness (QED) is 0.421. The molecule has 194 valence electrons. The van der Waals surface area contributed by atoms with E-state index in [2.05, 4.69) is 22.5 Å². The normalized spacial score (nSPS) is 20.5. The fourth-order valence-electron chi connectivity index (χ4n) is 4.69. The predicted octanol–water partition coefficient (Wildman–Crippen LogP) is 5.17. The first-order valence-electron chi connectivity index (χ1n) is 12.1. The van der Waals surface area contributed by atoms with E-state index in [9.17, 15) is 14.0 Å². The Morgan fingerprint density at radius 2 is 1.92 bits per heavy atom. The van der Waals surface area contributed by atoms with E-state index >= 15 is 0 Å². The summed E-state index contributed by atoms with van der Waals surface area (Å²) in [6.45, 7) is 9.24. The Balaban J connectivity index is 1.82. The third kappa shape index (κ3) is 6.96. The second kappa shape index (κ2) is 11.0. The second-order valence-corrected chi connectivity index (χ2v) is 10.6. The molecular weight excluding hydrogens is 461 g/mol. The molecule has 1 heterocycles. The third-order valence-corrected chi connectivity index (χ3v) is 6.06. The van der Waals surface area contributed by atoms with Crippen LogP contribution in [0.4, 0.5) is 20.6 Å². The molecule has 1 aromatic carbocycles. The monoisotopic (exact) mass is 497 g/mol. The molecule has 0 unspecified atom stereocenters. The van der Waals surface area contributed by atoms with Crippen LogP contribution in [0.25, 0.3) is 6.08 Å². The van der Waals surface area contributed by atoms with Gasteiger partial charge in [0.15, 0.2) is 0 Å². The maximum absolute atomic E-state index is 14.3. The molecule has 36 heavy (non-hydrogen) atoms. The largest absolute Gasteiger partial charge is 0.444 e. The number of aromatic nitrogens is 1. The van der Waals surface area contributed by atoms with Crippen molar-refractivity contribution in [3.05, 3.63) is 58.8 Å². The van der Waals surface area contributed by atoms with Crippen molar-refractivity contribution in [3.8, 4) is 0 Å². The van der Waals surface area contributed by atoms with E-state index in [0.717, 1.165) is 18.4 Å². The lowest BCUT2D eigenvalue weighted by atomic mass is 9.76. The molecule has 3 rings (SSSR count). The zero-order valence-corrected chi connectivity index (χ0v) is 21.5. The Hall–Kier alpha value is -3.62. The maximum atomic E-state index is 14.3. The minimum atomic E-state index is -0.576. The molecule has 2 amide bonds. The number of nitrogens with one attached hydrogen (secondary N) is 2. The van der Waals surface area contributed by atoms with Gasteiger partial charge in [0.1, 0.15) is 11.4 Å². The highest BCUT2D eigenvalue weighted by Gasteiger charge is 2.31. The Morgan fingerprint density at radius 3 is 2.58 bits per heavy atom. The minimum absolute atomic E-state index is 0.00986. The number of hydrogen-bond donors (Lipinski definition) is 4. The molecule has 1 saturated carbocycles. The Bertz CT molecular complexity index is 1150. The fraction of sp³-hybridized carbons (Fsp3) is 0.444. The Labute approximate surface area is 211 Å². The summed E-state index contributed by atoms with van der Waals surface area (Å²) >= 11 is 0. The number of amides is 2. The number of rotatable bonds is 5. The van der Waals surface area contributed by atoms with Crippen molar-refractivity contribution >= 4 is 29.5 Å². The van der Waals surface area contributed by atoms with Crippen LogP contribution < -0.4 is 22.1 Å². The van der Waals surface area contributed by atoms with Gasteiger partial charge in [-0.1, -0.05) is 6.92 Å². The molecule has 0 radical (unpaired) electrons. The molecule has 1 aliphatic carbocycles. The number of allylic oxidation sites excluding steroid dienone is 1. The van der Waals surface area contributed by atoms with Crippen LogP contribution in [0.2, 0.25) is 0 Å². The number of carbonyl (C=O) groups is 2. The van der Waals surface area contributed by atoms with Crippen molar-refractivity contribution in [3.63, 3.8) is 0 Å². The van der Waals surface area contributed by atoms with E-state index in [1.54, 1.807) is 19.3 Å². The fourth-order valence-corrected chi connectivity index (χ4v) is 4.69. The average Bonchev–Trinajstić information content (AvgIpc) is 2.75. The van der Waals surface area contributed by atoms with Crippen LogP contribution in [0, 0.1) is 11.7 Å². The highest BCUT2D eigenvalue weighted by atomic mass is 19.1. The van der Waals surface area contributed by atoms with E-state index in [1.165, 1.54) is 18.2 Å². The molecule has 1 aliphatic rings. The minimum Gasteiger partial charge on any atom is -0.444 e. The van der Waals surface area contributed by atoms with Crippen molar-refractivity contribution in [2.75, 3.05) is 11.1 Å². The lowest BCUT2D eigenvalue weighted by Crippen LogP contribution is -2.42. The van der Waals surface area contributed by atoms with Gasteiger partial charge in [0.25, 0.3) is 5.91 Å². The van der Waals surface area contributed by atoms with Crippen LogP contribution in [0.15, 0.2) is 36.3 Å². The zero-order valence-electron chi connectivity index (χ0n) is 21.5. The van der Waals surface area contributed by atoms with Crippen LogP contribution >= 0.6 is 0 Å². The van der Waals surface area contributed by atoms with Crippen LogP contribution in [0.5, 0.6) is 0 Å². The summed E-state index contributed by atoms with van der Waals surface area (Å²) < 4.78 is 19.7. The number of alkyl carbamates (subject to hydrolysis) is 1.